The van der Waals surface area contributed by atoms with Crippen LogP contribution >= 0.6 is 11.6 Å². The molecule has 0 radical (unpaired) electrons. The molecule has 2 fully saturated rings. The molecule has 0 atom stereocenters. The maximum Gasteiger partial charge on any atom is 0.410 e. The van der Waals surface area contributed by atoms with Gasteiger partial charge in [-0.25, -0.2) is 9.78 Å². The first-order chi connectivity index (χ1) is 16.2. The fourth-order valence-corrected chi connectivity index (χ4v) is 5.61. The van der Waals surface area contributed by atoms with Gasteiger partial charge in [0.05, 0.1) is 5.69 Å². The van der Waals surface area contributed by atoms with Gasteiger partial charge in [0.1, 0.15) is 23.1 Å². The van der Waals surface area contributed by atoms with Crippen LogP contribution in [-0.2, 0) is 17.7 Å². The average Bonchev–Trinajstić information content (AvgIpc) is 3.22. The molecule has 34 heavy (non-hydrogen) atoms. The fourth-order valence-electron chi connectivity index (χ4n) is 5.38. The second-order valence-corrected chi connectivity index (χ2v) is 11.0. The topological polar surface area (TPSA) is 81.5 Å². The summed E-state index contributed by atoms with van der Waals surface area (Å²) in [5, 5.41) is 14.3. The number of hydrogen-bond acceptors (Lipinski definition) is 6. The molecule has 1 amide bonds. The molecular formula is C26H30ClN5O2. The van der Waals surface area contributed by atoms with Crippen molar-refractivity contribution < 1.29 is 9.53 Å². The molecule has 3 aliphatic rings. The van der Waals surface area contributed by atoms with Crippen LogP contribution in [0.2, 0.25) is 5.02 Å². The minimum absolute atomic E-state index is 0.0179. The van der Waals surface area contributed by atoms with E-state index in [2.05, 4.69) is 16.3 Å². The summed E-state index contributed by atoms with van der Waals surface area (Å²) in [4.78, 5) is 21.4. The van der Waals surface area contributed by atoms with Crippen molar-refractivity contribution in [1.29, 1.82) is 5.26 Å². The average molecular weight is 480 g/mol. The molecule has 178 valence electrons. The van der Waals surface area contributed by atoms with Gasteiger partial charge in [-0.05, 0) is 51.8 Å². The van der Waals surface area contributed by atoms with Gasteiger partial charge in [0.25, 0.3) is 0 Å². The Morgan fingerprint density at radius 3 is 2.74 bits per heavy atom. The molecule has 1 spiro atoms. The molecule has 0 bridgehead atoms. The number of rotatable bonds is 2. The first-order valence-corrected chi connectivity index (χ1v) is 12.2. The van der Waals surface area contributed by atoms with Gasteiger partial charge in [0, 0.05) is 54.3 Å². The number of aromatic nitrogens is 1. The molecule has 1 aromatic carbocycles. The second kappa shape index (κ2) is 8.44. The second-order valence-electron chi connectivity index (χ2n) is 10.6. The molecule has 2 aromatic rings. The Kier molecular flexibility index (Phi) is 5.70. The number of hydrogen-bond donors (Lipinski definition) is 1. The lowest BCUT2D eigenvalue weighted by Gasteiger charge is -2.47. The number of nitrogens with zero attached hydrogens (tertiary/aromatic N) is 4. The minimum atomic E-state index is -0.501. The SMILES string of the molecule is CC(C)(C)OC(=O)N1CC2(CCN(c3nc4c(c(-c5ccccc5Cl)c3C#N)CCNC4)C2)C1. The molecule has 7 nitrogen and oxygen atoms in total. The molecule has 1 N–H and O–H groups in total. The van der Waals surface area contributed by atoms with Crippen molar-refractivity contribution in [2.45, 2.75) is 45.8 Å². The lowest BCUT2D eigenvalue weighted by molar-refractivity contribution is -0.0266. The third kappa shape index (κ3) is 4.10. The lowest BCUT2D eigenvalue weighted by atomic mass is 9.79. The summed E-state index contributed by atoms with van der Waals surface area (Å²) in [5.41, 5.74) is 4.01. The molecule has 0 saturated carbocycles. The zero-order valence-electron chi connectivity index (χ0n) is 19.9. The standard InChI is InChI=1S/C26H30ClN5O2/c1-25(2,3)34-24(33)32-15-26(16-32)9-11-31(14-26)23-19(12-28)22(17-6-4-5-7-20(17)27)18-8-10-29-13-21(18)30-23/h4-7,29H,8-11,13-16H2,1-3H3. The maximum atomic E-state index is 12.4. The highest BCUT2D eigenvalue weighted by molar-refractivity contribution is 6.33. The van der Waals surface area contributed by atoms with E-state index >= 15 is 0 Å². The van der Waals surface area contributed by atoms with E-state index in [1.807, 2.05) is 45.0 Å². The summed E-state index contributed by atoms with van der Waals surface area (Å²) in [7, 11) is 0. The number of ether oxygens (including phenoxy) is 1. The number of anilines is 1. The van der Waals surface area contributed by atoms with Crippen LogP contribution in [0.5, 0.6) is 0 Å². The van der Waals surface area contributed by atoms with Crippen LogP contribution in [0.4, 0.5) is 10.6 Å². The van der Waals surface area contributed by atoms with Gasteiger partial charge in [-0.3, -0.25) is 0 Å². The monoisotopic (exact) mass is 479 g/mol. The Bertz CT molecular complexity index is 1180. The third-order valence-corrected chi connectivity index (χ3v) is 7.24. The van der Waals surface area contributed by atoms with Gasteiger partial charge >= 0.3 is 6.09 Å². The number of carbonyl (C=O) groups excluding carboxylic acids is 1. The van der Waals surface area contributed by atoms with Gasteiger partial charge in [0.2, 0.25) is 0 Å². The van der Waals surface area contributed by atoms with E-state index in [1.54, 1.807) is 4.90 Å². The van der Waals surface area contributed by atoms with Crippen molar-refractivity contribution in [3.8, 4) is 17.2 Å². The predicted octanol–water partition coefficient (Wildman–Crippen LogP) is 4.37. The Morgan fingerprint density at radius 2 is 2.03 bits per heavy atom. The molecule has 0 aliphatic carbocycles. The summed E-state index contributed by atoms with van der Waals surface area (Å²) in [6.07, 6.45) is 1.51. The zero-order valence-corrected chi connectivity index (χ0v) is 20.7. The highest BCUT2D eigenvalue weighted by Crippen LogP contribution is 2.44. The van der Waals surface area contributed by atoms with Crippen LogP contribution in [0.25, 0.3) is 11.1 Å². The summed E-state index contributed by atoms with van der Waals surface area (Å²) in [5.74, 6) is 0.729. The van der Waals surface area contributed by atoms with Crippen LogP contribution in [0.1, 0.15) is 44.0 Å². The van der Waals surface area contributed by atoms with Gasteiger partial charge in [-0.2, -0.15) is 5.26 Å². The van der Waals surface area contributed by atoms with Crippen LogP contribution < -0.4 is 10.2 Å². The molecule has 8 heteroatoms. The Hall–Kier alpha value is -2.82. The smallest absolute Gasteiger partial charge is 0.410 e. The Balaban J connectivity index is 1.46. The minimum Gasteiger partial charge on any atom is -0.444 e. The van der Waals surface area contributed by atoms with E-state index in [0.29, 0.717) is 30.2 Å². The van der Waals surface area contributed by atoms with Crippen LogP contribution in [0.3, 0.4) is 0 Å². The Labute approximate surface area is 205 Å². The van der Waals surface area contributed by atoms with Gasteiger partial charge in [-0.15, -0.1) is 0 Å². The predicted molar refractivity (Wildman–Crippen MR) is 132 cm³/mol. The number of nitrogens with one attached hydrogen (secondary N) is 1. The first-order valence-electron chi connectivity index (χ1n) is 11.8. The van der Waals surface area contributed by atoms with Crippen molar-refractivity contribution in [2.24, 2.45) is 5.41 Å². The maximum absolute atomic E-state index is 12.4. The van der Waals surface area contributed by atoms with E-state index in [4.69, 9.17) is 21.3 Å². The fraction of sp³-hybridized carbons (Fsp3) is 0.500. The number of amides is 1. The summed E-state index contributed by atoms with van der Waals surface area (Å²) < 4.78 is 5.53. The number of likely N-dealkylation sites (tertiary alicyclic amines) is 1. The van der Waals surface area contributed by atoms with Gasteiger partial charge in [0.15, 0.2) is 0 Å². The van der Waals surface area contributed by atoms with Crippen molar-refractivity contribution in [3.05, 3.63) is 46.1 Å². The zero-order chi connectivity index (χ0) is 24.1. The molecule has 1 aromatic heterocycles. The van der Waals surface area contributed by atoms with Crippen LogP contribution in [0, 0.1) is 16.7 Å². The molecule has 5 rings (SSSR count). The van der Waals surface area contributed by atoms with E-state index in [0.717, 1.165) is 60.7 Å². The summed E-state index contributed by atoms with van der Waals surface area (Å²) >= 11 is 6.60. The highest BCUT2D eigenvalue weighted by Gasteiger charge is 2.51. The lowest BCUT2D eigenvalue weighted by Crippen LogP contribution is -2.60. The molecule has 3 aliphatic heterocycles. The van der Waals surface area contributed by atoms with Crippen LogP contribution in [0.15, 0.2) is 24.3 Å². The van der Waals surface area contributed by atoms with Gasteiger partial charge < -0.3 is 19.9 Å². The summed E-state index contributed by atoms with van der Waals surface area (Å²) in [6.45, 7) is 10.1. The molecule has 0 unspecified atom stereocenters. The van der Waals surface area contributed by atoms with Crippen molar-refractivity contribution in [1.82, 2.24) is 15.2 Å². The quantitative estimate of drug-likeness (QED) is 0.689. The molecule has 4 heterocycles. The third-order valence-electron chi connectivity index (χ3n) is 6.91. The Morgan fingerprint density at radius 1 is 1.26 bits per heavy atom. The number of benzene rings is 1. The number of pyridine rings is 1. The highest BCUT2D eigenvalue weighted by atomic mass is 35.5. The van der Waals surface area contributed by atoms with E-state index in [9.17, 15) is 10.1 Å². The van der Waals surface area contributed by atoms with E-state index in [1.165, 1.54) is 0 Å². The normalized spacial score (nSPS) is 18.9. The largest absolute Gasteiger partial charge is 0.444 e. The number of fused-ring (bicyclic) bond motifs is 1. The molecular weight excluding hydrogens is 450 g/mol. The summed E-state index contributed by atoms with van der Waals surface area (Å²) in [6, 6.07) is 10.2. The van der Waals surface area contributed by atoms with Gasteiger partial charge in [-0.1, -0.05) is 29.8 Å². The van der Waals surface area contributed by atoms with E-state index < -0.39 is 5.60 Å². The van der Waals surface area contributed by atoms with Crippen molar-refractivity contribution >= 4 is 23.5 Å². The number of nitriles is 1. The number of halogens is 1. The number of carbonyl (C=O) groups is 1. The van der Waals surface area contributed by atoms with Crippen molar-refractivity contribution in [3.63, 3.8) is 0 Å². The van der Waals surface area contributed by atoms with E-state index in [-0.39, 0.29) is 11.5 Å². The first kappa shape index (κ1) is 22.9. The van der Waals surface area contributed by atoms with Crippen molar-refractivity contribution in [2.75, 3.05) is 37.6 Å². The molecule has 2 saturated heterocycles. The van der Waals surface area contributed by atoms with Crippen LogP contribution in [-0.4, -0.2) is 54.3 Å².